The molecule has 0 amide bonds. The van der Waals surface area contributed by atoms with Crippen molar-refractivity contribution >= 4 is 23.0 Å². The van der Waals surface area contributed by atoms with Crippen molar-refractivity contribution in [3.05, 3.63) is 23.2 Å². The Balaban J connectivity index is 1.99. The number of anilines is 2. The molecule has 3 nitrogen and oxygen atoms in total. The Labute approximate surface area is 113 Å². The van der Waals surface area contributed by atoms with Gasteiger partial charge in [0, 0.05) is 6.54 Å². The van der Waals surface area contributed by atoms with E-state index >= 15 is 0 Å². The fraction of sp³-hybridized carbons (Fsp3) is 0.571. The van der Waals surface area contributed by atoms with Crippen molar-refractivity contribution in [2.75, 3.05) is 17.6 Å². The van der Waals surface area contributed by atoms with Gasteiger partial charge in [-0.25, -0.2) is 0 Å². The molecule has 0 atom stereocenters. The largest absolute Gasteiger partial charge is 0.397 e. The number of halogens is 1. The van der Waals surface area contributed by atoms with Crippen LogP contribution < -0.4 is 11.1 Å². The molecule has 4 heteroatoms. The number of hydrogen-bond acceptors (Lipinski definition) is 3. The van der Waals surface area contributed by atoms with Gasteiger partial charge in [-0.2, -0.15) is 0 Å². The molecule has 0 aliphatic heterocycles. The number of para-hydroxylation sites is 1. The molecule has 1 fully saturated rings. The van der Waals surface area contributed by atoms with Gasteiger partial charge in [0.15, 0.2) is 0 Å². The summed E-state index contributed by atoms with van der Waals surface area (Å²) >= 11 is 6.09. The van der Waals surface area contributed by atoms with Gasteiger partial charge in [0.05, 0.1) is 22.0 Å². The van der Waals surface area contributed by atoms with Gasteiger partial charge in [-0.15, -0.1) is 0 Å². The minimum atomic E-state index is -0.627. The summed E-state index contributed by atoms with van der Waals surface area (Å²) < 4.78 is 0. The second kappa shape index (κ2) is 5.37. The van der Waals surface area contributed by atoms with Gasteiger partial charge in [0.1, 0.15) is 0 Å². The molecule has 0 saturated heterocycles. The van der Waals surface area contributed by atoms with E-state index in [0.717, 1.165) is 37.3 Å². The number of nitrogen functional groups attached to an aromatic ring is 1. The maximum absolute atomic E-state index is 10.5. The molecule has 4 N–H and O–H groups in total. The van der Waals surface area contributed by atoms with Crippen LogP contribution >= 0.6 is 11.6 Å². The van der Waals surface area contributed by atoms with Crippen molar-refractivity contribution in [3.8, 4) is 0 Å². The fourth-order valence-electron chi connectivity index (χ4n) is 2.46. The number of nitrogens with two attached hydrogens (primary N) is 1. The average Bonchev–Trinajstić information content (AvgIpc) is 2.33. The van der Waals surface area contributed by atoms with Crippen molar-refractivity contribution in [2.45, 2.75) is 38.2 Å². The number of nitrogens with one attached hydrogen (secondary N) is 1. The van der Waals surface area contributed by atoms with E-state index in [9.17, 15) is 5.11 Å². The lowest BCUT2D eigenvalue weighted by molar-refractivity contribution is 0.00503. The smallest absolute Gasteiger partial charge is 0.0819 e. The minimum Gasteiger partial charge on any atom is -0.397 e. The summed E-state index contributed by atoms with van der Waals surface area (Å²) in [4.78, 5) is 0. The highest BCUT2D eigenvalue weighted by Gasteiger charge is 2.31. The Morgan fingerprint density at radius 2 is 2.11 bits per heavy atom. The summed E-state index contributed by atoms with van der Waals surface area (Å²) in [5.41, 5.74) is 6.60. The van der Waals surface area contributed by atoms with Crippen molar-refractivity contribution in [1.29, 1.82) is 0 Å². The van der Waals surface area contributed by atoms with E-state index in [1.54, 1.807) is 12.1 Å². The predicted octanol–water partition coefficient (Wildman–Crippen LogP) is 3.28. The molecule has 1 aromatic carbocycles. The lowest BCUT2D eigenvalue weighted by Gasteiger charge is -2.35. The van der Waals surface area contributed by atoms with Gasteiger partial charge in [-0.3, -0.25) is 0 Å². The van der Waals surface area contributed by atoms with Gasteiger partial charge < -0.3 is 16.2 Å². The first-order valence-corrected chi connectivity index (χ1v) is 6.88. The topological polar surface area (TPSA) is 58.3 Å². The fourth-order valence-corrected chi connectivity index (χ4v) is 2.71. The summed E-state index contributed by atoms with van der Waals surface area (Å²) in [6.07, 6.45) is 3.84. The second-order valence-corrected chi connectivity index (χ2v) is 5.87. The zero-order valence-corrected chi connectivity index (χ0v) is 11.5. The summed E-state index contributed by atoms with van der Waals surface area (Å²) in [6, 6.07) is 5.42. The molecule has 18 heavy (non-hydrogen) atoms. The van der Waals surface area contributed by atoms with Crippen LogP contribution in [0.25, 0.3) is 0 Å². The van der Waals surface area contributed by atoms with Gasteiger partial charge in [-0.05, 0) is 43.7 Å². The first-order chi connectivity index (χ1) is 8.50. The van der Waals surface area contributed by atoms with E-state index in [1.165, 1.54) is 0 Å². The summed E-state index contributed by atoms with van der Waals surface area (Å²) in [7, 11) is 0. The number of rotatable bonds is 3. The lowest BCUT2D eigenvalue weighted by atomic mass is 9.79. The molecule has 2 rings (SSSR count). The Hall–Kier alpha value is -0.930. The highest BCUT2D eigenvalue weighted by atomic mass is 35.5. The highest BCUT2D eigenvalue weighted by Crippen LogP contribution is 2.34. The second-order valence-electron chi connectivity index (χ2n) is 5.46. The van der Waals surface area contributed by atoms with Crippen LogP contribution in [-0.4, -0.2) is 17.3 Å². The molecule has 0 radical (unpaired) electrons. The van der Waals surface area contributed by atoms with Gasteiger partial charge >= 0.3 is 0 Å². The standard InChI is InChI=1S/C14H21ClN2O/c1-10-5-7-14(18,8-6-10)9-17-13-11(15)3-2-4-12(13)16/h2-4,10,17-18H,5-9,16H2,1H3. The molecular weight excluding hydrogens is 248 g/mol. The monoisotopic (exact) mass is 268 g/mol. The predicted molar refractivity (Wildman–Crippen MR) is 76.9 cm³/mol. The van der Waals surface area contributed by atoms with Crippen LogP contribution in [0, 0.1) is 5.92 Å². The van der Waals surface area contributed by atoms with Crippen LogP contribution in [0.5, 0.6) is 0 Å². The SMILES string of the molecule is CC1CCC(O)(CNc2c(N)cccc2Cl)CC1. The van der Waals surface area contributed by atoms with Crippen LogP contribution in [-0.2, 0) is 0 Å². The molecule has 1 saturated carbocycles. The molecule has 1 aromatic rings. The number of benzene rings is 1. The first-order valence-electron chi connectivity index (χ1n) is 6.50. The van der Waals surface area contributed by atoms with Crippen LogP contribution in [0.2, 0.25) is 5.02 Å². The first kappa shape index (κ1) is 13.5. The third-order valence-electron chi connectivity index (χ3n) is 3.85. The molecule has 100 valence electrons. The van der Waals surface area contributed by atoms with Crippen molar-refractivity contribution < 1.29 is 5.11 Å². The molecule has 0 heterocycles. The van der Waals surface area contributed by atoms with E-state index in [2.05, 4.69) is 12.2 Å². The van der Waals surface area contributed by atoms with Crippen LogP contribution in [0.15, 0.2) is 18.2 Å². The van der Waals surface area contributed by atoms with E-state index in [0.29, 0.717) is 17.3 Å². The van der Waals surface area contributed by atoms with E-state index in [4.69, 9.17) is 17.3 Å². The molecule has 0 unspecified atom stereocenters. The quantitative estimate of drug-likeness (QED) is 0.738. The minimum absolute atomic E-state index is 0.508. The number of aliphatic hydroxyl groups is 1. The van der Waals surface area contributed by atoms with E-state index in [-0.39, 0.29) is 0 Å². The summed E-state index contributed by atoms with van der Waals surface area (Å²) in [5.74, 6) is 0.718. The molecule has 1 aliphatic carbocycles. The summed E-state index contributed by atoms with van der Waals surface area (Å²) in [6.45, 7) is 2.74. The Morgan fingerprint density at radius 1 is 1.44 bits per heavy atom. The Morgan fingerprint density at radius 3 is 2.72 bits per heavy atom. The van der Waals surface area contributed by atoms with Crippen molar-refractivity contribution in [2.24, 2.45) is 5.92 Å². The van der Waals surface area contributed by atoms with E-state index in [1.807, 2.05) is 6.07 Å². The Bertz CT molecular complexity index is 394. The molecule has 1 aliphatic rings. The van der Waals surface area contributed by atoms with Crippen LogP contribution in [0.3, 0.4) is 0 Å². The highest BCUT2D eigenvalue weighted by molar-refractivity contribution is 6.33. The maximum Gasteiger partial charge on any atom is 0.0819 e. The maximum atomic E-state index is 10.5. The molecule has 0 aromatic heterocycles. The summed E-state index contributed by atoms with van der Waals surface area (Å²) in [5, 5.41) is 14.3. The Kier molecular flexibility index (Phi) is 4.03. The third kappa shape index (κ3) is 3.09. The van der Waals surface area contributed by atoms with Gasteiger partial charge in [0.25, 0.3) is 0 Å². The van der Waals surface area contributed by atoms with Crippen LogP contribution in [0.1, 0.15) is 32.6 Å². The molecular formula is C14H21ClN2O. The lowest BCUT2D eigenvalue weighted by Crippen LogP contribution is -2.40. The van der Waals surface area contributed by atoms with Crippen molar-refractivity contribution in [1.82, 2.24) is 0 Å². The third-order valence-corrected chi connectivity index (χ3v) is 4.16. The van der Waals surface area contributed by atoms with Gasteiger partial charge in [0.2, 0.25) is 0 Å². The normalized spacial score (nSPS) is 28.1. The zero-order chi connectivity index (χ0) is 13.2. The molecule has 0 bridgehead atoms. The zero-order valence-electron chi connectivity index (χ0n) is 10.7. The van der Waals surface area contributed by atoms with Crippen molar-refractivity contribution in [3.63, 3.8) is 0 Å². The van der Waals surface area contributed by atoms with Crippen LogP contribution in [0.4, 0.5) is 11.4 Å². The number of hydrogen-bond donors (Lipinski definition) is 3. The van der Waals surface area contributed by atoms with E-state index < -0.39 is 5.60 Å². The van der Waals surface area contributed by atoms with Gasteiger partial charge in [-0.1, -0.05) is 24.6 Å². The average molecular weight is 269 g/mol. The molecule has 0 spiro atoms.